The Bertz CT molecular complexity index is 722. The summed E-state index contributed by atoms with van der Waals surface area (Å²) < 4.78 is 5.37. The number of ether oxygens (including phenoxy) is 1. The SMILES string of the molecule is CCCOC(=O)C1CCC(c2ccc(CC(Br)C34CCC(CCC)(CC3)CC4)cc2)CC1. The maximum atomic E-state index is 12.2. The van der Waals surface area contributed by atoms with Gasteiger partial charge >= 0.3 is 5.97 Å². The number of halogens is 1. The quantitative estimate of drug-likeness (QED) is 0.250. The Labute approximate surface area is 204 Å². The molecule has 3 heteroatoms. The van der Waals surface area contributed by atoms with E-state index in [9.17, 15) is 4.79 Å². The highest BCUT2D eigenvalue weighted by atomic mass is 79.9. The fraction of sp³-hybridized carbons (Fsp3) is 0.759. The van der Waals surface area contributed by atoms with Crippen LogP contribution in [0.5, 0.6) is 0 Å². The summed E-state index contributed by atoms with van der Waals surface area (Å²) in [5.74, 6) is 0.745. The van der Waals surface area contributed by atoms with E-state index in [1.807, 2.05) is 6.92 Å². The van der Waals surface area contributed by atoms with Crippen molar-refractivity contribution in [3.8, 4) is 0 Å². The van der Waals surface area contributed by atoms with Gasteiger partial charge in [-0.25, -0.2) is 0 Å². The van der Waals surface area contributed by atoms with Gasteiger partial charge in [-0.2, -0.15) is 0 Å². The summed E-state index contributed by atoms with van der Waals surface area (Å²) in [4.78, 5) is 12.8. The van der Waals surface area contributed by atoms with Gasteiger partial charge in [-0.15, -0.1) is 0 Å². The van der Waals surface area contributed by atoms with Crippen LogP contribution in [-0.4, -0.2) is 17.4 Å². The minimum absolute atomic E-state index is 0.0285. The molecule has 4 saturated carbocycles. The fourth-order valence-corrected chi connectivity index (χ4v) is 8.06. The van der Waals surface area contributed by atoms with Crippen molar-refractivity contribution in [2.75, 3.05) is 6.61 Å². The van der Waals surface area contributed by atoms with Crippen molar-refractivity contribution < 1.29 is 9.53 Å². The number of carbonyl (C=O) groups excluding carboxylic acids is 1. The van der Waals surface area contributed by atoms with Gasteiger partial charge in [0.1, 0.15) is 0 Å². The van der Waals surface area contributed by atoms with Gasteiger partial charge in [-0.1, -0.05) is 60.5 Å². The average molecular weight is 504 g/mol. The van der Waals surface area contributed by atoms with E-state index in [1.54, 1.807) is 0 Å². The van der Waals surface area contributed by atoms with Crippen LogP contribution in [0.25, 0.3) is 0 Å². The summed E-state index contributed by atoms with van der Waals surface area (Å²) >= 11 is 4.16. The van der Waals surface area contributed by atoms with E-state index in [2.05, 4.69) is 47.1 Å². The number of hydrogen-bond acceptors (Lipinski definition) is 2. The maximum Gasteiger partial charge on any atom is 0.308 e. The molecule has 0 saturated heterocycles. The van der Waals surface area contributed by atoms with Crippen LogP contribution < -0.4 is 0 Å². The monoisotopic (exact) mass is 502 g/mol. The molecule has 0 N–H and O–H groups in total. The summed E-state index contributed by atoms with van der Waals surface area (Å²) in [6, 6.07) is 9.46. The Morgan fingerprint density at radius 2 is 1.59 bits per heavy atom. The lowest BCUT2D eigenvalue weighted by Crippen LogP contribution is -2.46. The van der Waals surface area contributed by atoms with Gasteiger partial charge in [0.15, 0.2) is 0 Å². The first-order valence-corrected chi connectivity index (χ1v) is 14.3. The van der Waals surface area contributed by atoms with Gasteiger partial charge in [0.25, 0.3) is 0 Å². The van der Waals surface area contributed by atoms with Crippen molar-refractivity contribution in [1.29, 1.82) is 0 Å². The largest absolute Gasteiger partial charge is 0.465 e. The first-order chi connectivity index (χ1) is 15.5. The Balaban J connectivity index is 1.28. The minimum atomic E-state index is 0.0285. The molecule has 4 fully saturated rings. The van der Waals surface area contributed by atoms with Crippen LogP contribution >= 0.6 is 15.9 Å². The highest BCUT2D eigenvalue weighted by Crippen LogP contribution is 2.61. The maximum absolute atomic E-state index is 12.2. The molecule has 1 atom stereocenters. The number of alkyl halides is 1. The molecule has 1 aromatic rings. The fourth-order valence-electron chi connectivity index (χ4n) is 7.00. The van der Waals surface area contributed by atoms with Crippen molar-refractivity contribution in [2.45, 2.75) is 114 Å². The summed E-state index contributed by atoms with van der Waals surface area (Å²) in [5.41, 5.74) is 4.14. The first-order valence-electron chi connectivity index (χ1n) is 13.4. The molecule has 0 heterocycles. The average Bonchev–Trinajstić information content (AvgIpc) is 2.84. The zero-order chi connectivity index (χ0) is 22.6. The molecule has 1 unspecified atom stereocenters. The molecule has 0 aromatic heterocycles. The molecule has 0 amide bonds. The lowest BCUT2D eigenvalue weighted by atomic mass is 9.51. The van der Waals surface area contributed by atoms with E-state index in [-0.39, 0.29) is 11.9 Å². The molecule has 178 valence electrons. The molecule has 0 spiro atoms. The van der Waals surface area contributed by atoms with E-state index < -0.39 is 0 Å². The van der Waals surface area contributed by atoms with E-state index >= 15 is 0 Å². The van der Waals surface area contributed by atoms with E-state index in [1.165, 1.54) is 62.5 Å². The highest BCUT2D eigenvalue weighted by molar-refractivity contribution is 9.09. The highest BCUT2D eigenvalue weighted by Gasteiger charge is 2.50. The summed E-state index contributed by atoms with van der Waals surface area (Å²) in [6.07, 6.45) is 17.6. The second-order valence-electron chi connectivity index (χ2n) is 11.2. The van der Waals surface area contributed by atoms with Crippen molar-refractivity contribution >= 4 is 21.9 Å². The third kappa shape index (κ3) is 5.29. The van der Waals surface area contributed by atoms with Crippen molar-refractivity contribution in [3.05, 3.63) is 35.4 Å². The number of esters is 1. The molecular weight excluding hydrogens is 460 g/mol. The molecule has 32 heavy (non-hydrogen) atoms. The second-order valence-corrected chi connectivity index (χ2v) is 12.3. The van der Waals surface area contributed by atoms with Gasteiger partial charge in [0.2, 0.25) is 0 Å². The van der Waals surface area contributed by atoms with Crippen LogP contribution in [0.1, 0.15) is 114 Å². The van der Waals surface area contributed by atoms with E-state index in [0.717, 1.165) is 38.5 Å². The van der Waals surface area contributed by atoms with Gasteiger partial charge in [0.05, 0.1) is 12.5 Å². The van der Waals surface area contributed by atoms with Crippen LogP contribution in [0, 0.1) is 16.7 Å². The first kappa shape index (κ1) is 24.3. The molecular formula is C29H43BrO2. The van der Waals surface area contributed by atoms with Gasteiger partial charge in [0, 0.05) is 4.83 Å². The molecule has 5 rings (SSSR count). The van der Waals surface area contributed by atoms with Gasteiger partial charge in [-0.05, 0) is 111 Å². The smallest absolute Gasteiger partial charge is 0.308 e. The van der Waals surface area contributed by atoms with Gasteiger partial charge in [-0.3, -0.25) is 4.79 Å². The molecule has 2 bridgehead atoms. The zero-order valence-electron chi connectivity index (χ0n) is 20.3. The van der Waals surface area contributed by atoms with Crippen molar-refractivity contribution in [3.63, 3.8) is 0 Å². The number of rotatable bonds is 9. The number of benzene rings is 1. The molecule has 4 aliphatic rings. The number of carbonyl (C=O) groups is 1. The van der Waals surface area contributed by atoms with Crippen LogP contribution in [0.2, 0.25) is 0 Å². The predicted molar refractivity (Wildman–Crippen MR) is 136 cm³/mol. The zero-order valence-corrected chi connectivity index (χ0v) is 21.9. The summed E-state index contributed by atoms with van der Waals surface area (Å²) in [7, 11) is 0. The van der Waals surface area contributed by atoms with E-state index in [0.29, 0.717) is 28.2 Å². The normalized spacial score (nSPS) is 33.1. The molecule has 1 aromatic carbocycles. The molecule has 0 aliphatic heterocycles. The standard InChI is InChI=1S/C29H43BrO2/c1-3-13-28-14-17-29(18-15-28,19-16-28)26(30)21-22-5-7-23(8-6-22)24-9-11-25(12-10-24)27(31)32-20-4-2/h5-8,24-26H,3-4,9-21H2,1-2H3. The number of hydrogen-bond donors (Lipinski definition) is 0. The Kier molecular flexibility index (Phi) is 8.06. The summed E-state index contributed by atoms with van der Waals surface area (Å²) in [5, 5.41) is 0. The third-order valence-corrected chi connectivity index (χ3v) is 10.6. The van der Waals surface area contributed by atoms with Crippen LogP contribution in [0.4, 0.5) is 0 Å². The lowest BCUT2D eigenvalue weighted by Gasteiger charge is -2.55. The number of fused-ring (bicyclic) bond motifs is 3. The molecule has 4 aliphatic carbocycles. The third-order valence-electron chi connectivity index (χ3n) is 9.28. The second kappa shape index (κ2) is 10.6. The van der Waals surface area contributed by atoms with Crippen molar-refractivity contribution in [1.82, 2.24) is 0 Å². The Morgan fingerprint density at radius 1 is 0.969 bits per heavy atom. The predicted octanol–water partition coefficient (Wildman–Crippen LogP) is 8.36. The van der Waals surface area contributed by atoms with Crippen LogP contribution in [-0.2, 0) is 16.0 Å². The topological polar surface area (TPSA) is 26.3 Å². The van der Waals surface area contributed by atoms with Crippen molar-refractivity contribution in [2.24, 2.45) is 16.7 Å². The molecule has 2 nitrogen and oxygen atoms in total. The van der Waals surface area contributed by atoms with Crippen LogP contribution in [0.3, 0.4) is 0 Å². The van der Waals surface area contributed by atoms with E-state index in [4.69, 9.17) is 4.74 Å². The lowest BCUT2D eigenvalue weighted by molar-refractivity contribution is -0.149. The summed E-state index contributed by atoms with van der Waals surface area (Å²) in [6.45, 7) is 4.97. The Morgan fingerprint density at radius 3 is 2.16 bits per heavy atom. The molecule has 0 radical (unpaired) electrons. The minimum Gasteiger partial charge on any atom is -0.465 e. The van der Waals surface area contributed by atoms with Crippen LogP contribution in [0.15, 0.2) is 24.3 Å². The van der Waals surface area contributed by atoms with Gasteiger partial charge < -0.3 is 4.74 Å². The Hall–Kier alpha value is -0.830.